The Kier molecular flexibility index (Phi) is 11.8. The van der Waals surface area contributed by atoms with E-state index in [9.17, 15) is 35.3 Å². The van der Waals surface area contributed by atoms with Crippen molar-refractivity contribution in [2.45, 2.75) is 48.8 Å². The van der Waals surface area contributed by atoms with E-state index in [2.05, 4.69) is 0 Å². The van der Waals surface area contributed by atoms with Crippen LogP contribution >= 0.6 is 7.82 Å². The zero-order valence-electron chi connectivity index (χ0n) is 26.2. The van der Waals surface area contributed by atoms with E-state index in [0.29, 0.717) is 11.1 Å². The normalized spacial score (nSPS) is 17.9. The molecule has 3 aromatic rings. The predicted octanol–water partition coefficient (Wildman–Crippen LogP) is 6.31. The van der Waals surface area contributed by atoms with Gasteiger partial charge in [-0.2, -0.15) is 17.5 Å². The highest BCUT2D eigenvalue weighted by molar-refractivity contribution is 7.89. The molecule has 5 rings (SSSR count). The topological polar surface area (TPSA) is 121 Å². The van der Waals surface area contributed by atoms with Crippen LogP contribution in [-0.2, 0) is 50.8 Å². The number of sulfonamides is 1. The van der Waals surface area contributed by atoms with E-state index in [1.165, 1.54) is 4.31 Å². The van der Waals surface area contributed by atoms with Crippen molar-refractivity contribution in [2.75, 3.05) is 39.4 Å². The number of hydrogen-bond acceptors (Lipinski definition) is 9. The van der Waals surface area contributed by atoms with Crippen LogP contribution in [0.3, 0.4) is 0 Å². The first kappa shape index (κ1) is 36.9. The molecule has 17 heteroatoms. The number of carbonyl (C=O) groups excluding carboxylic acids is 1. The van der Waals surface area contributed by atoms with Crippen molar-refractivity contribution in [3.63, 3.8) is 0 Å². The minimum Gasteiger partial charge on any atom is -0.434 e. The van der Waals surface area contributed by atoms with E-state index >= 15 is 0 Å². The number of piperidine rings is 1. The number of phosphoric acid groups is 1. The van der Waals surface area contributed by atoms with E-state index in [-0.39, 0.29) is 63.7 Å². The number of amides is 1. The first-order chi connectivity index (χ1) is 23.3. The van der Waals surface area contributed by atoms with Gasteiger partial charge >= 0.3 is 20.1 Å². The van der Waals surface area contributed by atoms with Crippen LogP contribution in [-0.4, -0.2) is 81.0 Å². The van der Waals surface area contributed by atoms with Gasteiger partial charge in [0, 0.05) is 26.2 Å². The van der Waals surface area contributed by atoms with Gasteiger partial charge in [-0.05, 0) is 48.2 Å². The van der Waals surface area contributed by atoms with Gasteiger partial charge in [0.15, 0.2) is 0 Å². The summed E-state index contributed by atoms with van der Waals surface area (Å²) in [6.07, 6.45) is -8.98. The Hall–Kier alpha value is -3.37. The molecule has 0 saturated carbocycles. The number of rotatable bonds is 12. The van der Waals surface area contributed by atoms with Crippen LogP contribution in [0.2, 0.25) is 0 Å². The fourth-order valence-corrected chi connectivity index (χ4v) is 7.94. The number of hydrogen-bond donors (Lipinski definition) is 0. The summed E-state index contributed by atoms with van der Waals surface area (Å²) in [7, 11) is -8.59. The Bertz CT molecular complexity index is 1650. The van der Waals surface area contributed by atoms with Gasteiger partial charge in [-0.25, -0.2) is 22.2 Å². The van der Waals surface area contributed by atoms with Crippen LogP contribution in [0.5, 0.6) is 0 Å². The van der Waals surface area contributed by atoms with E-state index in [1.54, 1.807) is 60.7 Å². The molecule has 0 radical (unpaired) electrons. The third-order valence-electron chi connectivity index (χ3n) is 8.05. The summed E-state index contributed by atoms with van der Waals surface area (Å²) in [5.74, 6) is -0.585. The molecule has 2 fully saturated rings. The minimum absolute atomic E-state index is 0.0501. The molecule has 2 aliphatic rings. The third-order valence-corrected chi connectivity index (χ3v) is 11.3. The Morgan fingerprint density at radius 1 is 0.857 bits per heavy atom. The molecule has 2 aliphatic heterocycles. The molecule has 1 spiro atoms. The van der Waals surface area contributed by atoms with E-state index < -0.39 is 54.2 Å². The van der Waals surface area contributed by atoms with Crippen LogP contribution in [0.4, 0.5) is 22.4 Å². The predicted molar refractivity (Wildman–Crippen MR) is 167 cm³/mol. The molecule has 2 heterocycles. The van der Waals surface area contributed by atoms with Gasteiger partial charge in [-0.15, -0.1) is 0 Å². The molecular formula is C32H35F4N2O9PS. The summed E-state index contributed by atoms with van der Waals surface area (Å²) in [6, 6.07) is 21.3. The maximum absolute atomic E-state index is 14.1. The van der Waals surface area contributed by atoms with Crippen LogP contribution in [0, 0.1) is 5.82 Å². The number of carbonyl (C=O) groups is 1. The van der Waals surface area contributed by atoms with Gasteiger partial charge in [-0.3, -0.25) is 13.6 Å². The highest BCUT2D eigenvalue weighted by atomic mass is 32.2. The summed E-state index contributed by atoms with van der Waals surface area (Å²) in [6.45, 7) is -2.08. The molecule has 2 saturated heterocycles. The average Bonchev–Trinajstić information content (AvgIpc) is 3.09. The van der Waals surface area contributed by atoms with Gasteiger partial charge in [0.05, 0.1) is 30.3 Å². The molecule has 49 heavy (non-hydrogen) atoms. The van der Waals surface area contributed by atoms with Gasteiger partial charge < -0.3 is 14.4 Å². The maximum Gasteiger partial charge on any atom is 0.475 e. The second kappa shape index (κ2) is 15.7. The van der Waals surface area contributed by atoms with Crippen molar-refractivity contribution < 1.29 is 58.4 Å². The molecule has 266 valence electrons. The Morgan fingerprint density at radius 3 is 1.94 bits per heavy atom. The number of nitrogens with zero attached hydrogens (tertiary/aromatic N) is 2. The second-order valence-corrected chi connectivity index (χ2v) is 15.1. The molecule has 0 unspecified atom stereocenters. The molecule has 11 nitrogen and oxygen atoms in total. The zero-order valence-corrected chi connectivity index (χ0v) is 27.9. The van der Waals surface area contributed by atoms with Gasteiger partial charge in [0.1, 0.15) is 12.4 Å². The van der Waals surface area contributed by atoms with Crippen molar-refractivity contribution in [3.05, 3.63) is 102 Å². The number of alkyl halides is 3. The highest BCUT2D eigenvalue weighted by Gasteiger charge is 2.48. The fraction of sp³-hybridized carbons (Fsp3) is 0.406. The third kappa shape index (κ3) is 9.87. The summed E-state index contributed by atoms with van der Waals surface area (Å²) in [5.41, 5.74) is 0.136. The average molecular weight is 731 g/mol. The van der Waals surface area contributed by atoms with Crippen molar-refractivity contribution >= 4 is 23.9 Å². The summed E-state index contributed by atoms with van der Waals surface area (Å²) in [4.78, 5) is 13.9. The largest absolute Gasteiger partial charge is 0.475 e. The van der Waals surface area contributed by atoms with Crippen molar-refractivity contribution in [1.82, 2.24) is 9.21 Å². The summed E-state index contributed by atoms with van der Waals surface area (Å²) in [5, 5.41) is 0. The molecule has 0 aliphatic carbocycles. The second-order valence-electron chi connectivity index (χ2n) is 11.5. The number of ether oxygens (including phenoxy) is 2. The summed E-state index contributed by atoms with van der Waals surface area (Å²) < 4.78 is 123. The smallest absolute Gasteiger partial charge is 0.434 e. The van der Waals surface area contributed by atoms with Gasteiger partial charge in [-0.1, -0.05) is 60.7 Å². The number of morpholine rings is 1. The Morgan fingerprint density at radius 2 is 1.41 bits per heavy atom. The standard InChI is InChI=1S/C32H35F4N2O9PS/c33-27-11-13-28(14-12-27)49(41,42)38-19-20-43-31(24-38)15-17-37(18-16-31)30(39)47-29(32(34,35)36)23-46-48(40,44-21-25-7-3-1-4-8-25)45-22-26-9-5-2-6-10-26/h1-14,29H,15-24H2/t29-/m1/s1. The van der Waals surface area contributed by atoms with Crippen LogP contribution < -0.4 is 0 Å². The first-order valence-electron chi connectivity index (χ1n) is 15.3. The molecule has 1 amide bonds. The molecule has 0 N–H and O–H groups in total. The maximum atomic E-state index is 14.1. The lowest BCUT2D eigenvalue weighted by Gasteiger charge is -2.46. The molecule has 1 atom stereocenters. The highest BCUT2D eigenvalue weighted by Crippen LogP contribution is 2.51. The van der Waals surface area contributed by atoms with E-state index in [4.69, 9.17) is 23.0 Å². The quantitative estimate of drug-likeness (QED) is 0.156. The lowest BCUT2D eigenvalue weighted by Crippen LogP contribution is -2.58. The van der Waals surface area contributed by atoms with E-state index in [1.807, 2.05) is 0 Å². The Labute approximate surface area is 281 Å². The van der Waals surface area contributed by atoms with Crippen LogP contribution in [0.25, 0.3) is 0 Å². The molecule has 0 bridgehead atoms. The van der Waals surface area contributed by atoms with Crippen molar-refractivity contribution in [3.8, 4) is 0 Å². The number of benzene rings is 3. The fourth-order valence-electron chi connectivity index (χ4n) is 5.29. The zero-order chi connectivity index (χ0) is 35.1. The van der Waals surface area contributed by atoms with Crippen molar-refractivity contribution in [1.29, 1.82) is 0 Å². The number of likely N-dealkylation sites (tertiary alicyclic amines) is 1. The van der Waals surface area contributed by atoms with Crippen LogP contribution in [0.15, 0.2) is 89.8 Å². The van der Waals surface area contributed by atoms with Crippen molar-refractivity contribution in [2.24, 2.45) is 0 Å². The lowest BCUT2D eigenvalue weighted by molar-refractivity contribution is -0.214. The van der Waals surface area contributed by atoms with Crippen LogP contribution in [0.1, 0.15) is 24.0 Å². The first-order valence-corrected chi connectivity index (χ1v) is 18.2. The molecular weight excluding hydrogens is 695 g/mol. The lowest BCUT2D eigenvalue weighted by atomic mass is 9.90. The van der Waals surface area contributed by atoms with Gasteiger partial charge in [0.25, 0.3) is 0 Å². The minimum atomic E-state index is -5.10. The molecule has 3 aromatic carbocycles. The van der Waals surface area contributed by atoms with E-state index in [0.717, 1.165) is 29.2 Å². The molecule has 0 aromatic heterocycles. The number of halogens is 4. The summed E-state index contributed by atoms with van der Waals surface area (Å²) >= 11 is 0. The van der Waals surface area contributed by atoms with Gasteiger partial charge in [0.2, 0.25) is 16.1 Å². The Balaban J connectivity index is 1.19. The monoisotopic (exact) mass is 730 g/mol. The SMILES string of the molecule is O=C(O[C@H](COP(=O)(OCc1ccccc1)OCc1ccccc1)C(F)(F)F)N1CCC2(CC1)CN(S(=O)(=O)c1ccc(F)cc1)CCO2. The number of phosphoric ester groups is 1.